The van der Waals surface area contributed by atoms with E-state index in [1.54, 1.807) is 12.5 Å². The topological polar surface area (TPSA) is 61.0 Å². The number of carbonyl (C=O) groups is 1. The van der Waals surface area contributed by atoms with Crippen molar-refractivity contribution < 1.29 is 4.79 Å². The first kappa shape index (κ1) is 11.7. The van der Waals surface area contributed by atoms with Crippen molar-refractivity contribution in [1.29, 1.82) is 0 Å². The lowest BCUT2D eigenvalue weighted by Gasteiger charge is -2.39. The van der Waals surface area contributed by atoms with E-state index < -0.39 is 0 Å². The number of nitrogens with one attached hydrogen (secondary N) is 2. The van der Waals surface area contributed by atoms with Gasteiger partial charge in [0.05, 0.1) is 12.5 Å². The van der Waals surface area contributed by atoms with Gasteiger partial charge in [-0.15, -0.1) is 0 Å². The number of carbonyl (C=O) groups excluding carboxylic acids is 1. The first-order chi connectivity index (χ1) is 8.86. The second-order valence-electron chi connectivity index (χ2n) is 5.23. The van der Waals surface area contributed by atoms with Crippen LogP contribution in [0, 0.1) is 0 Å². The van der Waals surface area contributed by atoms with Gasteiger partial charge in [0.1, 0.15) is 5.69 Å². The monoisotopic (exact) mass is 248 g/mol. The van der Waals surface area contributed by atoms with E-state index in [0.717, 1.165) is 25.9 Å². The summed E-state index contributed by atoms with van der Waals surface area (Å²) in [5.74, 6) is 0.103. The molecule has 18 heavy (non-hydrogen) atoms. The van der Waals surface area contributed by atoms with Gasteiger partial charge < -0.3 is 15.2 Å². The molecule has 5 nitrogen and oxygen atoms in total. The average Bonchev–Trinajstić information content (AvgIpc) is 3.11. The minimum Gasteiger partial charge on any atom is -0.341 e. The molecule has 2 aliphatic heterocycles. The Balaban J connectivity index is 1.76. The number of rotatable bonds is 2. The normalized spacial score (nSPS) is 28.6. The highest BCUT2D eigenvalue weighted by Gasteiger charge is 2.34. The van der Waals surface area contributed by atoms with Gasteiger partial charge in [-0.2, -0.15) is 0 Å². The van der Waals surface area contributed by atoms with E-state index in [1.807, 2.05) is 4.90 Å². The predicted octanol–water partition coefficient (Wildman–Crippen LogP) is 1.16. The maximum Gasteiger partial charge on any atom is 0.272 e. The number of likely N-dealkylation sites (tertiary alicyclic amines) is 1. The molecular formula is C13H20N4O. The molecule has 2 fully saturated rings. The summed E-state index contributed by atoms with van der Waals surface area (Å²) in [5.41, 5.74) is 0.611. The van der Waals surface area contributed by atoms with Crippen LogP contribution in [0.15, 0.2) is 12.5 Å². The zero-order chi connectivity index (χ0) is 12.4. The van der Waals surface area contributed by atoms with Crippen LogP contribution in [-0.2, 0) is 0 Å². The summed E-state index contributed by atoms with van der Waals surface area (Å²) < 4.78 is 0. The number of aromatic amines is 1. The van der Waals surface area contributed by atoms with Gasteiger partial charge in [-0.3, -0.25) is 4.79 Å². The van der Waals surface area contributed by atoms with E-state index in [2.05, 4.69) is 15.3 Å². The Hall–Kier alpha value is -1.36. The van der Waals surface area contributed by atoms with Crippen molar-refractivity contribution in [3.05, 3.63) is 18.2 Å². The third-order valence-electron chi connectivity index (χ3n) is 4.10. The second-order valence-corrected chi connectivity index (χ2v) is 5.23. The Morgan fingerprint density at radius 1 is 1.33 bits per heavy atom. The Kier molecular flexibility index (Phi) is 3.32. The van der Waals surface area contributed by atoms with Crippen molar-refractivity contribution in [1.82, 2.24) is 20.2 Å². The van der Waals surface area contributed by atoms with Gasteiger partial charge in [0.15, 0.2) is 0 Å². The molecule has 0 spiro atoms. The van der Waals surface area contributed by atoms with Crippen LogP contribution in [-0.4, -0.2) is 45.9 Å². The molecule has 5 heteroatoms. The molecule has 1 aromatic heterocycles. The molecule has 0 saturated carbocycles. The van der Waals surface area contributed by atoms with Crippen molar-refractivity contribution >= 4 is 5.91 Å². The van der Waals surface area contributed by atoms with Gasteiger partial charge in [-0.1, -0.05) is 0 Å². The van der Waals surface area contributed by atoms with Crippen molar-refractivity contribution in [2.75, 3.05) is 13.1 Å². The second kappa shape index (κ2) is 5.10. The number of hydrogen-bond acceptors (Lipinski definition) is 3. The molecule has 1 amide bonds. The first-order valence-corrected chi connectivity index (χ1v) is 6.89. The highest BCUT2D eigenvalue weighted by molar-refractivity contribution is 5.92. The van der Waals surface area contributed by atoms with Gasteiger partial charge in [0.2, 0.25) is 0 Å². The summed E-state index contributed by atoms with van der Waals surface area (Å²) in [4.78, 5) is 21.4. The molecule has 2 atom stereocenters. The van der Waals surface area contributed by atoms with E-state index in [9.17, 15) is 4.79 Å². The molecule has 3 heterocycles. The van der Waals surface area contributed by atoms with Crippen molar-refractivity contribution in [3.63, 3.8) is 0 Å². The maximum atomic E-state index is 12.5. The number of imidazole rings is 1. The lowest BCUT2D eigenvalue weighted by molar-refractivity contribution is 0.0558. The molecule has 2 aliphatic rings. The van der Waals surface area contributed by atoms with Crippen LogP contribution < -0.4 is 5.32 Å². The molecule has 2 saturated heterocycles. The van der Waals surface area contributed by atoms with Crippen LogP contribution in [0.3, 0.4) is 0 Å². The summed E-state index contributed by atoms with van der Waals surface area (Å²) in [6.07, 6.45) is 9.08. The van der Waals surface area contributed by atoms with Crippen LogP contribution in [0.1, 0.15) is 42.6 Å². The lowest BCUT2D eigenvalue weighted by Crippen LogP contribution is -2.52. The number of hydrogen-bond donors (Lipinski definition) is 2. The number of piperidine rings is 1. The van der Waals surface area contributed by atoms with Gasteiger partial charge in [0.25, 0.3) is 5.91 Å². The third-order valence-corrected chi connectivity index (χ3v) is 4.10. The van der Waals surface area contributed by atoms with Crippen LogP contribution >= 0.6 is 0 Å². The molecule has 98 valence electrons. The fourth-order valence-electron chi connectivity index (χ4n) is 3.20. The van der Waals surface area contributed by atoms with Crippen molar-refractivity contribution in [3.8, 4) is 0 Å². The van der Waals surface area contributed by atoms with Crippen molar-refractivity contribution in [2.45, 2.75) is 44.2 Å². The van der Waals surface area contributed by atoms with E-state index in [0.29, 0.717) is 17.8 Å². The predicted molar refractivity (Wildman–Crippen MR) is 68.3 cm³/mol. The number of H-pyrrole nitrogens is 1. The molecule has 0 aromatic carbocycles. The van der Waals surface area contributed by atoms with Gasteiger partial charge in [0, 0.05) is 18.6 Å². The summed E-state index contributed by atoms with van der Waals surface area (Å²) in [5, 5.41) is 3.54. The molecule has 2 N–H and O–H groups in total. The highest BCUT2D eigenvalue weighted by atomic mass is 16.2. The molecule has 0 radical (unpaired) electrons. The smallest absolute Gasteiger partial charge is 0.272 e. The standard InChI is InChI=1S/C13H20N4O/c18-13(11-8-14-9-16-11)17-7-2-1-5-12(17)10-4-3-6-15-10/h8-10,12,15H,1-7H2,(H,14,16). The van der Waals surface area contributed by atoms with Crippen LogP contribution in [0.4, 0.5) is 0 Å². The Labute approximate surface area is 107 Å². The molecule has 0 aliphatic carbocycles. The van der Waals surface area contributed by atoms with E-state index in [1.165, 1.54) is 19.3 Å². The Morgan fingerprint density at radius 3 is 3.00 bits per heavy atom. The summed E-state index contributed by atoms with van der Waals surface area (Å²) in [7, 11) is 0. The summed E-state index contributed by atoms with van der Waals surface area (Å²) in [6, 6.07) is 0.842. The average molecular weight is 248 g/mol. The SMILES string of the molecule is O=C(c1cnc[nH]1)N1CCCCC1C1CCCN1. The van der Waals surface area contributed by atoms with Gasteiger partial charge >= 0.3 is 0 Å². The van der Waals surface area contributed by atoms with E-state index in [-0.39, 0.29) is 5.91 Å². The molecule has 3 rings (SSSR count). The largest absolute Gasteiger partial charge is 0.341 e. The van der Waals surface area contributed by atoms with Gasteiger partial charge in [-0.25, -0.2) is 4.98 Å². The molecule has 1 aromatic rings. The molecule has 0 bridgehead atoms. The molecule has 2 unspecified atom stereocenters. The minimum absolute atomic E-state index is 0.103. The van der Waals surface area contributed by atoms with Crippen LogP contribution in [0.5, 0.6) is 0 Å². The minimum atomic E-state index is 0.103. The van der Waals surface area contributed by atoms with Crippen molar-refractivity contribution in [2.24, 2.45) is 0 Å². The summed E-state index contributed by atoms with van der Waals surface area (Å²) >= 11 is 0. The number of amides is 1. The third kappa shape index (κ3) is 2.14. The fourth-order valence-corrected chi connectivity index (χ4v) is 3.20. The Bertz CT molecular complexity index is 397. The maximum absolute atomic E-state index is 12.5. The quantitative estimate of drug-likeness (QED) is 0.825. The summed E-state index contributed by atoms with van der Waals surface area (Å²) in [6.45, 7) is 1.97. The van der Waals surface area contributed by atoms with Crippen LogP contribution in [0.2, 0.25) is 0 Å². The highest BCUT2D eigenvalue weighted by Crippen LogP contribution is 2.25. The zero-order valence-electron chi connectivity index (χ0n) is 10.6. The van der Waals surface area contributed by atoms with E-state index >= 15 is 0 Å². The van der Waals surface area contributed by atoms with Crippen LogP contribution in [0.25, 0.3) is 0 Å². The number of aromatic nitrogens is 2. The lowest BCUT2D eigenvalue weighted by atomic mass is 9.94. The number of nitrogens with zero attached hydrogens (tertiary/aromatic N) is 2. The van der Waals surface area contributed by atoms with E-state index in [4.69, 9.17) is 0 Å². The first-order valence-electron chi connectivity index (χ1n) is 6.89. The molecular weight excluding hydrogens is 228 g/mol. The van der Waals surface area contributed by atoms with Gasteiger partial charge in [-0.05, 0) is 38.6 Å². The zero-order valence-corrected chi connectivity index (χ0v) is 10.6. The Morgan fingerprint density at radius 2 is 2.28 bits per heavy atom. The fraction of sp³-hybridized carbons (Fsp3) is 0.692.